The number of hydrogen-bond acceptors (Lipinski definition) is 2. The van der Waals surface area contributed by atoms with Gasteiger partial charge in [0.05, 0.1) is 39.8 Å². The van der Waals surface area contributed by atoms with Crippen molar-refractivity contribution in [1.82, 2.24) is 15.1 Å². The molecule has 1 aliphatic rings. The molecule has 0 atom stereocenters. The lowest BCUT2D eigenvalue weighted by Gasteiger charge is -2.31. The summed E-state index contributed by atoms with van der Waals surface area (Å²) in [6.07, 6.45) is 0. The van der Waals surface area contributed by atoms with E-state index in [2.05, 4.69) is 12.4 Å². The largest absolute Gasteiger partial charge is 0.358 e. The van der Waals surface area contributed by atoms with E-state index in [9.17, 15) is 4.79 Å². The number of carbonyl (C=O) groups excluding carboxylic acids is 1. The molecule has 22 heavy (non-hydrogen) atoms. The zero-order valence-electron chi connectivity index (χ0n) is 13.3. The minimum absolute atomic E-state index is 0.152. The monoisotopic (exact) mass is 321 g/mol. The molecule has 1 heterocycles. The summed E-state index contributed by atoms with van der Waals surface area (Å²) in [5.74, 6) is 0.152. The molecule has 1 fully saturated rings. The predicted molar refractivity (Wildman–Crippen MR) is 91.7 cm³/mol. The number of piperazine rings is 1. The number of thiocarbonyl (C=S) groups is 1. The van der Waals surface area contributed by atoms with Gasteiger partial charge >= 0.3 is 0 Å². The summed E-state index contributed by atoms with van der Waals surface area (Å²) in [6, 6.07) is 10.1. The Balaban J connectivity index is 1.75. The van der Waals surface area contributed by atoms with Gasteiger partial charge in [0.15, 0.2) is 5.11 Å². The first-order valence-corrected chi connectivity index (χ1v) is 8.09. The van der Waals surface area contributed by atoms with Crippen molar-refractivity contribution in [2.75, 3.05) is 46.8 Å². The van der Waals surface area contributed by atoms with Crippen molar-refractivity contribution in [2.24, 2.45) is 0 Å². The molecule has 1 aromatic rings. The van der Waals surface area contributed by atoms with Crippen LogP contribution in [0.4, 0.5) is 0 Å². The van der Waals surface area contributed by atoms with E-state index >= 15 is 0 Å². The summed E-state index contributed by atoms with van der Waals surface area (Å²) in [5.41, 5.74) is 1.17. The molecule has 0 aliphatic carbocycles. The molecule has 5 nitrogen and oxygen atoms in total. The Morgan fingerprint density at radius 3 is 2.59 bits per heavy atom. The van der Waals surface area contributed by atoms with E-state index in [1.807, 2.05) is 47.2 Å². The molecular formula is C16H25N4OS+. The summed E-state index contributed by atoms with van der Waals surface area (Å²) in [4.78, 5) is 17.5. The van der Waals surface area contributed by atoms with Crippen molar-refractivity contribution >= 4 is 23.2 Å². The maximum atomic E-state index is 12.3. The van der Waals surface area contributed by atoms with Gasteiger partial charge in [0, 0.05) is 13.6 Å². The van der Waals surface area contributed by atoms with Gasteiger partial charge in [-0.05, 0) is 17.8 Å². The molecule has 0 aromatic heterocycles. The SMILES string of the molecule is CN(CC(=O)N1CC[NH+](C)CC1)C(=S)NCc1ccccc1. The molecule has 1 aromatic carbocycles. The van der Waals surface area contributed by atoms with E-state index in [1.165, 1.54) is 10.5 Å². The van der Waals surface area contributed by atoms with Gasteiger partial charge in [-0.2, -0.15) is 0 Å². The van der Waals surface area contributed by atoms with Crippen LogP contribution < -0.4 is 10.2 Å². The fourth-order valence-electron chi connectivity index (χ4n) is 2.42. The lowest BCUT2D eigenvalue weighted by Crippen LogP contribution is -3.12. The molecular weight excluding hydrogens is 296 g/mol. The highest BCUT2D eigenvalue weighted by molar-refractivity contribution is 7.80. The van der Waals surface area contributed by atoms with Crippen LogP contribution in [0.3, 0.4) is 0 Å². The molecule has 0 unspecified atom stereocenters. The van der Waals surface area contributed by atoms with Crippen LogP contribution in [0.15, 0.2) is 30.3 Å². The maximum absolute atomic E-state index is 12.3. The molecule has 1 saturated heterocycles. The Labute approximate surface area is 137 Å². The standard InChI is InChI=1S/C16H24N4OS/c1-18-8-10-20(11-9-18)15(21)13-19(2)16(22)17-12-14-6-4-3-5-7-14/h3-7H,8-13H2,1-2H3,(H,17,22)/p+1. The van der Waals surface area contributed by atoms with Crippen molar-refractivity contribution in [2.45, 2.75) is 6.54 Å². The second-order valence-corrected chi connectivity index (χ2v) is 6.22. The maximum Gasteiger partial charge on any atom is 0.242 e. The lowest BCUT2D eigenvalue weighted by atomic mass is 10.2. The quantitative estimate of drug-likeness (QED) is 0.723. The van der Waals surface area contributed by atoms with Crippen LogP contribution in [0.25, 0.3) is 0 Å². The number of likely N-dealkylation sites (N-methyl/N-ethyl adjacent to an activating group) is 2. The average molecular weight is 321 g/mol. The van der Waals surface area contributed by atoms with E-state index in [4.69, 9.17) is 12.2 Å². The van der Waals surface area contributed by atoms with E-state index in [1.54, 1.807) is 0 Å². The molecule has 1 amide bonds. The van der Waals surface area contributed by atoms with Gasteiger partial charge in [-0.1, -0.05) is 30.3 Å². The normalized spacial score (nSPS) is 15.5. The zero-order valence-corrected chi connectivity index (χ0v) is 14.2. The van der Waals surface area contributed by atoms with E-state index < -0.39 is 0 Å². The van der Waals surface area contributed by atoms with Crippen LogP contribution in [-0.2, 0) is 11.3 Å². The second kappa shape index (κ2) is 8.10. The summed E-state index contributed by atoms with van der Waals surface area (Å²) >= 11 is 5.35. The molecule has 1 aliphatic heterocycles. The zero-order chi connectivity index (χ0) is 15.9. The molecule has 0 spiro atoms. The Morgan fingerprint density at radius 2 is 1.95 bits per heavy atom. The van der Waals surface area contributed by atoms with Crippen LogP contribution in [-0.4, -0.2) is 67.6 Å². The molecule has 0 saturated carbocycles. The van der Waals surface area contributed by atoms with Crippen LogP contribution in [0, 0.1) is 0 Å². The first kappa shape index (κ1) is 16.7. The summed E-state index contributed by atoms with van der Waals surface area (Å²) < 4.78 is 0. The topological polar surface area (TPSA) is 40.0 Å². The minimum Gasteiger partial charge on any atom is -0.358 e. The van der Waals surface area contributed by atoms with Crippen LogP contribution in [0.1, 0.15) is 5.56 Å². The van der Waals surface area contributed by atoms with Crippen LogP contribution in [0.5, 0.6) is 0 Å². The minimum atomic E-state index is 0.152. The van der Waals surface area contributed by atoms with Crippen molar-refractivity contribution in [3.8, 4) is 0 Å². The Hall–Kier alpha value is -1.66. The average Bonchev–Trinajstić information content (AvgIpc) is 2.54. The number of carbonyl (C=O) groups is 1. The third-order valence-electron chi connectivity index (χ3n) is 3.98. The van der Waals surface area contributed by atoms with Crippen molar-refractivity contribution in [1.29, 1.82) is 0 Å². The van der Waals surface area contributed by atoms with Crippen LogP contribution >= 0.6 is 12.2 Å². The predicted octanol–water partition coefficient (Wildman–Crippen LogP) is -0.650. The molecule has 0 bridgehead atoms. The van der Waals surface area contributed by atoms with Gasteiger partial charge in [-0.3, -0.25) is 4.79 Å². The van der Waals surface area contributed by atoms with Gasteiger partial charge in [-0.15, -0.1) is 0 Å². The highest BCUT2D eigenvalue weighted by Gasteiger charge is 2.22. The number of nitrogens with zero attached hydrogens (tertiary/aromatic N) is 2. The smallest absolute Gasteiger partial charge is 0.242 e. The summed E-state index contributed by atoms with van der Waals surface area (Å²) in [7, 11) is 4.02. The molecule has 0 radical (unpaired) electrons. The number of quaternary nitrogens is 1. The van der Waals surface area contributed by atoms with Gasteiger partial charge in [0.1, 0.15) is 0 Å². The second-order valence-electron chi connectivity index (χ2n) is 5.84. The fourth-order valence-corrected chi connectivity index (χ4v) is 2.56. The van der Waals surface area contributed by atoms with Crippen molar-refractivity contribution in [3.05, 3.63) is 35.9 Å². The Bertz CT molecular complexity index is 500. The number of hydrogen-bond donors (Lipinski definition) is 2. The van der Waals surface area contributed by atoms with Crippen molar-refractivity contribution in [3.63, 3.8) is 0 Å². The Morgan fingerprint density at radius 1 is 1.32 bits per heavy atom. The first-order chi connectivity index (χ1) is 10.6. The lowest BCUT2D eigenvalue weighted by molar-refractivity contribution is -0.883. The molecule has 2 N–H and O–H groups in total. The molecule has 6 heteroatoms. The highest BCUT2D eigenvalue weighted by Crippen LogP contribution is 1.99. The van der Waals surface area contributed by atoms with E-state index in [-0.39, 0.29) is 5.91 Å². The highest BCUT2D eigenvalue weighted by atomic mass is 32.1. The fraction of sp³-hybridized carbons (Fsp3) is 0.500. The number of rotatable bonds is 4. The third-order valence-corrected chi connectivity index (χ3v) is 4.43. The number of amides is 1. The number of benzene rings is 1. The van der Waals surface area contributed by atoms with Crippen LogP contribution in [0.2, 0.25) is 0 Å². The number of nitrogens with one attached hydrogen (secondary N) is 2. The van der Waals surface area contributed by atoms with Gasteiger partial charge in [0.2, 0.25) is 5.91 Å². The van der Waals surface area contributed by atoms with E-state index in [0.717, 1.165) is 26.2 Å². The van der Waals surface area contributed by atoms with Gasteiger partial charge in [0.25, 0.3) is 0 Å². The summed E-state index contributed by atoms with van der Waals surface area (Å²) in [6.45, 7) is 4.72. The molecule has 2 rings (SSSR count). The first-order valence-electron chi connectivity index (χ1n) is 7.68. The van der Waals surface area contributed by atoms with Gasteiger partial charge < -0.3 is 20.0 Å². The summed E-state index contributed by atoms with van der Waals surface area (Å²) in [5, 5.41) is 3.80. The Kier molecular flexibility index (Phi) is 6.15. The third kappa shape index (κ3) is 4.96. The van der Waals surface area contributed by atoms with Crippen molar-refractivity contribution < 1.29 is 9.69 Å². The molecule has 120 valence electrons. The van der Waals surface area contributed by atoms with E-state index in [0.29, 0.717) is 18.2 Å². The van der Waals surface area contributed by atoms with Gasteiger partial charge in [-0.25, -0.2) is 0 Å².